The number of nitrogens with one attached hydrogen (secondary N) is 1. The maximum atomic E-state index is 4.48. The Hall–Kier alpha value is -0.710. The Morgan fingerprint density at radius 1 is 1.25 bits per heavy atom. The van der Waals surface area contributed by atoms with Gasteiger partial charge in [-0.3, -0.25) is 4.98 Å². The number of fused-ring (bicyclic) bond motifs is 1. The number of aromatic nitrogens is 1. The van der Waals surface area contributed by atoms with Gasteiger partial charge in [0, 0.05) is 39.6 Å². The summed E-state index contributed by atoms with van der Waals surface area (Å²) in [7, 11) is 2.07. The fraction of sp³-hybridized carbons (Fsp3) is 0.438. The van der Waals surface area contributed by atoms with Crippen molar-refractivity contribution in [1.82, 2.24) is 10.3 Å². The lowest BCUT2D eigenvalue weighted by Crippen LogP contribution is -2.36. The first-order chi connectivity index (χ1) is 9.79. The lowest BCUT2D eigenvalue weighted by Gasteiger charge is -2.34. The number of pyridine rings is 1. The second kappa shape index (κ2) is 6.37. The molecule has 2 heterocycles. The first kappa shape index (κ1) is 14.2. The van der Waals surface area contributed by atoms with E-state index in [0.29, 0.717) is 16.5 Å². The van der Waals surface area contributed by atoms with Gasteiger partial charge in [0.15, 0.2) is 0 Å². The second-order valence-electron chi connectivity index (χ2n) is 5.13. The van der Waals surface area contributed by atoms with Crippen molar-refractivity contribution in [2.24, 2.45) is 0 Å². The zero-order valence-electron chi connectivity index (χ0n) is 11.9. The fourth-order valence-electron chi connectivity index (χ4n) is 2.81. The summed E-state index contributed by atoms with van der Waals surface area (Å²) in [5.41, 5.74) is 2.44. The van der Waals surface area contributed by atoms with Crippen LogP contribution in [0, 0.1) is 0 Å². The third kappa shape index (κ3) is 2.83. The highest BCUT2D eigenvalue weighted by Crippen LogP contribution is 2.38. The van der Waals surface area contributed by atoms with Gasteiger partial charge in [0.05, 0.1) is 5.52 Å². The van der Waals surface area contributed by atoms with Crippen LogP contribution >= 0.6 is 23.5 Å². The maximum Gasteiger partial charge on any atom is 0.0705 e. The van der Waals surface area contributed by atoms with E-state index in [9.17, 15) is 0 Å². The highest BCUT2D eigenvalue weighted by molar-refractivity contribution is 8.07. The van der Waals surface area contributed by atoms with E-state index < -0.39 is 0 Å². The summed E-state index contributed by atoms with van der Waals surface area (Å²) in [6.07, 6.45) is 1.87. The fourth-order valence-corrected chi connectivity index (χ4v) is 5.80. The van der Waals surface area contributed by atoms with Crippen molar-refractivity contribution in [2.75, 3.05) is 18.6 Å². The van der Waals surface area contributed by atoms with Gasteiger partial charge in [-0.1, -0.05) is 25.1 Å². The van der Waals surface area contributed by atoms with Crippen molar-refractivity contribution in [3.05, 3.63) is 42.1 Å². The SMILES string of the molecule is CNC(c1ccc2cccnc2c1)C1SCCSC1C. The van der Waals surface area contributed by atoms with Crippen LogP contribution in [0.3, 0.4) is 0 Å². The van der Waals surface area contributed by atoms with Gasteiger partial charge in [0.1, 0.15) is 0 Å². The van der Waals surface area contributed by atoms with Crippen molar-refractivity contribution in [1.29, 1.82) is 0 Å². The number of hydrogen-bond acceptors (Lipinski definition) is 4. The molecule has 1 aromatic carbocycles. The predicted octanol–water partition coefficient (Wildman–Crippen LogP) is 3.73. The zero-order valence-corrected chi connectivity index (χ0v) is 13.5. The van der Waals surface area contributed by atoms with Crippen LogP contribution in [0.15, 0.2) is 36.5 Å². The Kier molecular flexibility index (Phi) is 4.54. The van der Waals surface area contributed by atoms with Crippen molar-refractivity contribution < 1.29 is 0 Å². The van der Waals surface area contributed by atoms with E-state index in [1.54, 1.807) is 0 Å². The van der Waals surface area contributed by atoms with Crippen LogP contribution in [0.1, 0.15) is 18.5 Å². The molecule has 1 fully saturated rings. The van der Waals surface area contributed by atoms with Crippen LogP contribution in [0.4, 0.5) is 0 Å². The van der Waals surface area contributed by atoms with Gasteiger partial charge in [-0.05, 0) is 24.7 Å². The van der Waals surface area contributed by atoms with E-state index >= 15 is 0 Å². The van der Waals surface area contributed by atoms with Crippen LogP contribution < -0.4 is 5.32 Å². The van der Waals surface area contributed by atoms with Crippen molar-refractivity contribution >= 4 is 34.4 Å². The molecule has 2 nitrogen and oxygen atoms in total. The van der Waals surface area contributed by atoms with E-state index in [4.69, 9.17) is 0 Å². The molecule has 3 rings (SSSR count). The average molecular weight is 304 g/mol. The number of nitrogens with zero attached hydrogens (tertiary/aromatic N) is 1. The molecule has 1 aliphatic heterocycles. The van der Waals surface area contributed by atoms with E-state index in [0.717, 1.165) is 5.52 Å². The monoisotopic (exact) mass is 304 g/mol. The lowest BCUT2D eigenvalue weighted by molar-refractivity contribution is 0.561. The molecule has 3 atom stereocenters. The molecule has 0 spiro atoms. The van der Waals surface area contributed by atoms with E-state index in [2.05, 4.69) is 72.1 Å². The minimum absolute atomic E-state index is 0.397. The van der Waals surface area contributed by atoms with Gasteiger partial charge in [0.25, 0.3) is 0 Å². The third-order valence-electron chi connectivity index (χ3n) is 3.87. The Bertz CT molecular complexity index is 587. The van der Waals surface area contributed by atoms with Gasteiger partial charge >= 0.3 is 0 Å². The molecule has 2 aromatic rings. The number of rotatable bonds is 3. The van der Waals surface area contributed by atoms with Crippen LogP contribution in [-0.2, 0) is 0 Å². The topological polar surface area (TPSA) is 24.9 Å². The molecule has 0 saturated carbocycles. The molecule has 106 valence electrons. The minimum Gasteiger partial charge on any atom is -0.312 e. The Balaban J connectivity index is 1.93. The first-order valence-electron chi connectivity index (χ1n) is 7.05. The maximum absolute atomic E-state index is 4.48. The molecule has 3 unspecified atom stereocenters. The zero-order chi connectivity index (χ0) is 13.9. The summed E-state index contributed by atoms with van der Waals surface area (Å²) in [5.74, 6) is 2.53. The third-order valence-corrected chi connectivity index (χ3v) is 7.06. The van der Waals surface area contributed by atoms with Gasteiger partial charge < -0.3 is 5.32 Å². The summed E-state index contributed by atoms with van der Waals surface area (Å²) in [6.45, 7) is 2.35. The molecule has 0 bridgehead atoms. The number of benzene rings is 1. The van der Waals surface area contributed by atoms with Gasteiger partial charge in [-0.2, -0.15) is 23.5 Å². The smallest absolute Gasteiger partial charge is 0.0705 e. The summed E-state index contributed by atoms with van der Waals surface area (Å²) in [4.78, 5) is 4.48. The number of thioether (sulfide) groups is 2. The molecule has 4 heteroatoms. The van der Waals surface area contributed by atoms with Crippen molar-refractivity contribution in [3.63, 3.8) is 0 Å². The van der Waals surface area contributed by atoms with E-state index in [1.807, 2.05) is 12.3 Å². The molecule has 0 amide bonds. The van der Waals surface area contributed by atoms with E-state index in [1.165, 1.54) is 22.5 Å². The summed E-state index contributed by atoms with van der Waals surface area (Å²) >= 11 is 4.19. The van der Waals surface area contributed by atoms with Crippen LogP contribution in [0.5, 0.6) is 0 Å². The minimum atomic E-state index is 0.397. The Morgan fingerprint density at radius 2 is 2.10 bits per heavy atom. The summed E-state index contributed by atoms with van der Waals surface area (Å²) in [5, 5.41) is 6.04. The highest BCUT2D eigenvalue weighted by Gasteiger charge is 2.30. The van der Waals surface area contributed by atoms with Crippen LogP contribution in [0.2, 0.25) is 0 Å². The highest BCUT2D eigenvalue weighted by atomic mass is 32.2. The first-order valence-corrected chi connectivity index (χ1v) is 9.14. The van der Waals surface area contributed by atoms with Gasteiger partial charge in [-0.25, -0.2) is 0 Å². The second-order valence-corrected chi connectivity index (χ2v) is 7.90. The van der Waals surface area contributed by atoms with Crippen molar-refractivity contribution in [3.8, 4) is 0 Å². The molecule has 1 N–H and O–H groups in total. The summed E-state index contributed by atoms with van der Waals surface area (Å²) < 4.78 is 0. The average Bonchev–Trinajstić information content (AvgIpc) is 2.50. The standard InChI is InChI=1S/C16H20N2S2/c1-11-16(20-9-8-19-11)15(17-2)13-6-5-12-4-3-7-18-14(12)10-13/h3-7,10-11,15-17H,8-9H2,1-2H3. The summed E-state index contributed by atoms with van der Waals surface area (Å²) in [6, 6.07) is 11.2. The van der Waals surface area contributed by atoms with E-state index in [-0.39, 0.29) is 0 Å². The quantitative estimate of drug-likeness (QED) is 0.934. The van der Waals surface area contributed by atoms with Crippen molar-refractivity contribution in [2.45, 2.75) is 23.5 Å². The Labute approximate surface area is 129 Å². The van der Waals surface area contributed by atoms with Gasteiger partial charge in [-0.15, -0.1) is 0 Å². The predicted molar refractivity (Wildman–Crippen MR) is 91.7 cm³/mol. The molecule has 1 saturated heterocycles. The number of hydrogen-bond donors (Lipinski definition) is 1. The largest absolute Gasteiger partial charge is 0.312 e. The van der Waals surface area contributed by atoms with Crippen LogP contribution in [0.25, 0.3) is 10.9 Å². The molecule has 1 aliphatic rings. The molecule has 20 heavy (non-hydrogen) atoms. The van der Waals surface area contributed by atoms with Crippen LogP contribution in [-0.4, -0.2) is 34.0 Å². The Morgan fingerprint density at radius 3 is 2.90 bits per heavy atom. The normalized spacial score (nSPS) is 24.7. The van der Waals surface area contributed by atoms with Gasteiger partial charge in [0.2, 0.25) is 0 Å². The lowest BCUT2D eigenvalue weighted by atomic mass is 10.00. The molecule has 0 radical (unpaired) electrons. The molecular formula is C16H20N2S2. The molecular weight excluding hydrogens is 284 g/mol. The molecule has 0 aliphatic carbocycles. The molecule has 1 aromatic heterocycles.